The van der Waals surface area contributed by atoms with Crippen LogP contribution in [-0.4, -0.2) is 65.6 Å². The Morgan fingerprint density at radius 3 is 2.65 bits per heavy atom. The molecule has 3 rings (SSSR count). The minimum absolute atomic E-state index is 0.130. The predicted molar refractivity (Wildman–Crippen MR) is 130 cm³/mol. The Morgan fingerprint density at radius 2 is 2.03 bits per heavy atom. The summed E-state index contributed by atoms with van der Waals surface area (Å²) in [6.45, 7) is 0. The number of thioether (sulfide) groups is 1. The standard InChI is InChI=1S/C23H27N3O6S2/c1-32-19-11-13(33-2)5-6-15(19)23(31)25-16-8-12(9-18(27)20(16)28)22(30)26-17(21(24)29)10-14-4-3-7-34-14/h3-8,11,16-18,20,27-28H,9-10H2,1-2H3,(H2,24,29)(H,25,31)(H,26,30). The zero-order valence-electron chi connectivity index (χ0n) is 18.7. The normalized spacial score (nSPS) is 20.7. The van der Waals surface area contributed by atoms with Crippen LogP contribution in [0.3, 0.4) is 0 Å². The van der Waals surface area contributed by atoms with Crippen LogP contribution in [0.1, 0.15) is 21.7 Å². The Kier molecular flexibility index (Phi) is 8.72. The van der Waals surface area contributed by atoms with Crippen LogP contribution in [0.5, 0.6) is 5.75 Å². The molecular weight excluding hydrogens is 478 g/mol. The van der Waals surface area contributed by atoms with E-state index in [2.05, 4.69) is 10.6 Å². The van der Waals surface area contributed by atoms with Gasteiger partial charge >= 0.3 is 0 Å². The van der Waals surface area contributed by atoms with Crippen molar-refractivity contribution in [2.45, 2.75) is 42.0 Å². The van der Waals surface area contributed by atoms with Gasteiger partial charge in [-0.15, -0.1) is 23.1 Å². The second-order valence-corrected chi connectivity index (χ2v) is 9.64. The van der Waals surface area contributed by atoms with E-state index >= 15 is 0 Å². The van der Waals surface area contributed by atoms with Gasteiger partial charge < -0.3 is 31.3 Å². The van der Waals surface area contributed by atoms with Crippen molar-refractivity contribution >= 4 is 40.8 Å². The molecule has 0 radical (unpaired) electrons. The highest BCUT2D eigenvalue weighted by Gasteiger charge is 2.35. The van der Waals surface area contributed by atoms with Gasteiger partial charge in [0.05, 0.1) is 24.8 Å². The van der Waals surface area contributed by atoms with Gasteiger partial charge in [0.15, 0.2) is 0 Å². The van der Waals surface area contributed by atoms with Gasteiger partial charge in [-0.05, 0) is 35.9 Å². The van der Waals surface area contributed by atoms with Crippen LogP contribution in [0, 0.1) is 0 Å². The summed E-state index contributed by atoms with van der Waals surface area (Å²) in [5.41, 5.74) is 5.83. The molecule has 182 valence electrons. The van der Waals surface area contributed by atoms with E-state index in [-0.39, 0.29) is 24.0 Å². The monoisotopic (exact) mass is 505 g/mol. The summed E-state index contributed by atoms with van der Waals surface area (Å²) in [6, 6.07) is 6.77. The molecule has 34 heavy (non-hydrogen) atoms. The number of amides is 3. The molecule has 1 aliphatic rings. The Morgan fingerprint density at radius 1 is 1.26 bits per heavy atom. The van der Waals surface area contributed by atoms with Gasteiger partial charge in [-0.2, -0.15) is 0 Å². The Bertz CT molecular complexity index is 1070. The number of thiophene rings is 1. The molecule has 0 fully saturated rings. The largest absolute Gasteiger partial charge is 0.496 e. The summed E-state index contributed by atoms with van der Waals surface area (Å²) in [5, 5.41) is 27.9. The lowest BCUT2D eigenvalue weighted by Crippen LogP contribution is -2.52. The maximum atomic E-state index is 12.9. The topological polar surface area (TPSA) is 151 Å². The molecule has 1 aromatic carbocycles. The fourth-order valence-electron chi connectivity index (χ4n) is 3.58. The number of rotatable bonds is 9. The molecule has 0 aliphatic heterocycles. The molecular formula is C23H27N3O6S2. The number of hydrogen-bond acceptors (Lipinski definition) is 8. The van der Waals surface area contributed by atoms with E-state index < -0.39 is 42.0 Å². The van der Waals surface area contributed by atoms with E-state index in [9.17, 15) is 24.6 Å². The maximum absolute atomic E-state index is 12.9. The summed E-state index contributed by atoms with van der Waals surface area (Å²) >= 11 is 2.93. The lowest BCUT2D eigenvalue weighted by molar-refractivity contribution is -0.125. The molecule has 1 aliphatic carbocycles. The number of benzene rings is 1. The first-order valence-corrected chi connectivity index (χ1v) is 12.6. The number of carbonyl (C=O) groups excluding carboxylic acids is 3. The van der Waals surface area contributed by atoms with Crippen molar-refractivity contribution < 1.29 is 29.3 Å². The molecule has 2 aromatic rings. The first kappa shape index (κ1) is 25.8. The second kappa shape index (κ2) is 11.5. The van der Waals surface area contributed by atoms with Gasteiger partial charge in [0.1, 0.15) is 17.9 Å². The minimum Gasteiger partial charge on any atom is -0.496 e. The first-order valence-electron chi connectivity index (χ1n) is 10.5. The van der Waals surface area contributed by atoms with Crippen LogP contribution in [0.2, 0.25) is 0 Å². The van der Waals surface area contributed by atoms with Gasteiger partial charge in [-0.25, -0.2) is 0 Å². The fourth-order valence-corrected chi connectivity index (χ4v) is 4.76. The number of aliphatic hydroxyl groups excluding tert-OH is 2. The molecule has 1 heterocycles. The van der Waals surface area contributed by atoms with Crippen molar-refractivity contribution in [1.29, 1.82) is 0 Å². The van der Waals surface area contributed by atoms with Gasteiger partial charge in [-0.1, -0.05) is 12.1 Å². The van der Waals surface area contributed by atoms with Crippen molar-refractivity contribution in [3.63, 3.8) is 0 Å². The summed E-state index contributed by atoms with van der Waals surface area (Å²) in [4.78, 5) is 39.4. The Labute approximate surface area is 205 Å². The van der Waals surface area contributed by atoms with Crippen LogP contribution in [-0.2, 0) is 16.0 Å². The number of nitrogens with one attached hydrogen (secondary N) is 2. The van der Waals surface area contributed by atoms with E-state index in [1.807, 2.05) is 23.8 Å². The third-order valence-electron chi connectivity index (χ3n) is 5.45. The highest BCUT2D eigenvalue weighted by Crippen LogP contribution is 2.26. The minimum atomic E-state index is -1.32. The van der Waals surface area contributed by atoms with E-state index in [0.29, 0.717) is 5.75 Å². The van der Waals surface area contributed by atoms with E-state index in [0.717, 1.165) is 9.77 Å². The molecule has 9 nitrogen and oxygen atoms in total. The summed E-state index contributed by atoms with van der Waals surface area (Å²) < 4.78 is 5.31. The molecule has 1 aromatic heterocycles. The Balaban J connectivity index is 1.76. The zero-order chi connectivity index (χ0) is 24.8. The van der Waals surface area contributed by atoms with Crippen molar-refractivity contribution in [3.05, 3.63) is 57.8 Å². The van der Waals surface area contributed by atoms with Crippen molar-refractivity contribution in [3.8, 4) is 5.75 Å². The quantitative estimate of drug-likeness (QED) is 0.317. The molecule has 6 N–H and O–H groups in total. The summed E-state index contributed by atoms with van der Waals surface area (Å²) in [6.07, 6.45) is 0.765. The smallest absolute Gasteiger partial charge is 0.255 e. The molecule has 4 unspecified atom stereocenters. The SMILES string of the molecule is COc1cc(SC)ccc1C(=O)NC1C=C(C(=O)NC(Cc2cccs2)C(N)=O)CC(O)C1O. The fraction of sp³-hybridized carbons (Fsp3) is 0.348. The van der Waals surface area contributed by atoms with E-state index in [1.54, 1.807) is 18.2 Å². The third-order valence-corrected chi connectivity index (χ3v) is 7.07. The van der Waals surface area contributed by atoms with Gasteiger partial charge in [0.25, 0.3) is 5.91 Å². The van der Waals surface area contributed by atoms with E-state index in [1.165, 1.54) is 36.3 Å². The maximum Gasteiger partial charge on any atom is 0.255 e. The van der Waals surface area contributed by atoms with Crippen LogP contribution in [0.15, 0.2) is 52.3 Å². The van der Waals surface area contributed by atoms with Crippen LogP contribution >= 0.6 is 23.1 Å². The lowest BCUT2D eigenvalue weighted by atomic mass is 9.89. The van der Waals surface area contributed by atoms with Crippen LogP contribution in [0.4, 0.5) is 0 Å². The Hall–Kier alpha value is -2.86. The lowest BCUT2D eigenvalue weighted by Gasteiger charge is -2.31. The first-order chi connectivity index (χ1) is 16.2. The number of carbonyl (C=O) groups is 3. The summed E-state index contributed by atoms with van der Waals surface area (Å²) in [5.74, 6) is -1.47. The van der Waals surface area contributed by atoms with E-state index in [4.69, 9.17) is 10.5 Å². The molecule has 0 bridgehead atoms. The number of primary amides is 1. The average molecular weight is 506 g/mol. The average Bonchev–Trinajstić information content (AvgIpc) is 3.33. The van der Waals surface area contributed by atoms with Crippen LogP contribution < -0.4 is 21.1 Å². The van der Waals surface area contributed by atoms with Crippen molar-refractivity contribution in [2.24, 2.45) is 5.73 Å². The third kappa shape index (κ3) is 6.17. The highest BCUT2D eigenvalue weighted by atomic mass is 32.2. The van der Waals surface area contributed by atoms with Gasteiger partial charge in [0.2, 0.25) is 11.8 Å². The second-order valence-electron chi connectivity index (χ2n) is 7.73. The molecule has 11 heteroatoms. The summed E-state index contributed by atoms with van der Waals surface area (Å²) in [7, 11) is 1.45. The van der Waals surface area contributed by atoms with Gasteiger partial charge in [-0.3, -0.25) is 14.4 Å². The molecule has 0 saturated heterocycles. The van der Waals surface area contributed by atoms with Crippen molar-refractivity contribution in [2.75, 3.05) is 13.4 Å². The predicted octanol–water partition coefficient (Wildman–Crippen LogP) is 0.842. The number of nitrogens with two attached hydrogens (primary N) is 1. The molecule has 3 amide bonds. The number of aliphatic hydroxyl groups is 2. The molecule has 4 atom stereocenters. The van der Waals surface area contributed by atoms with Gasteiger partial charge in [0, 0.05) is 28.2 Å². The number of hydrogen-bond donors (Lipinski definition) is 5. The highest BCUT2D eigenvalue weighted by molar-refractivity contribution is 7.98. The van der Waals surface area contributed by atoms with Crippen molar-refractivity contribution in [1.82, 2.24) is 10.6 Å². The molecule has 0 spiro atoms. The number of methoxy groups -OCH3 is 1. The zero-order valence-corrected chi connectivity index (χ0v) is 20.3. The van der Waals surface area contributed by atoms with Crippen LogP contribution in [0.25, 0.3) is 0 Å². The number of ether oxygens (including phenoxy) is 1. The molecule has 0 saturated carbocycles.